The Kier molecular flexibility index (Phi) is 5.19. The molecule has 25 heavy (non-hydrogen) atoms. The lowest BCUT2D eigenvalue weighted by molar-refractivity contribution is 0.0671. The number of nitrogens with one attached hydrogen (secondary N) is 1. The fraction of sp³-hybridized carbons (Fsp3) is 0.368. The topological polar surface area (TPSA) is 63.6 Å². The number of methoxy groups -OCH3 is 1. The molecule has 0 bridgehead atoms. The third-order valence-electron chi connectivity index (χ3n) is 4.53. The molecule has 0 aliphatic carbocycles. The first kappa shape index (κ1) is 17.2. The number of amides is 2. The van der Waals surface area contributed by atoms with Crippen molar-refractivity contribution in [1.29, 1.82) is 0 Å². The number of ether oxygens (including phenoxy) is 1. The maximum Gasteiger partial charge on any atom is 0.322 e. The average molecular weight is 341 g/mol. The van der Waals surface area contributed by atoms with Crippen molar-refractivity contribution in [2.45, 2.75) is 19.5 Å². The summed E-state index contributed by atoms with van der Waals surface area (Å²) in [7, 11) is 1.59. The van der Waals surface area contributed by atoms with Crippen molar-refractivity contribution in [2.24, 2.45) is 5.92 Å². The van der Waals surface area contributed by atoms with E-state index in [1.165, 1.54) is 10.6 Å². The molecule has 6 heteroatoms. The van der Waals surface area contributed by atoms with Gasteiger partial charge in [-0.1, -0.05) is 37.3 Å². The zero-order chi connectivity index (χ0) is 17.8. The summed E-state index contributed by atoms with van der Waals surface area (Å²) >= 11 is 0. The molecule has 1 aliphatic heterocycles. The largest absolute Gasteiger partial charge is 0.383 e. The maximum absolute atomic E-state index is 12.6. The Hall–Kier alpha value is -2.60. The van der Waals surface area contributed by atoms with Crippen LogP contribution >= 0.6 is 0 Å². The summed E-state index contributed by atoms with van der Waals surface area (Å²) in [5, 5.41) is 2.89. The van der Waals surface area contributed by atoms with E-state index < -0.39 is 0 Å². The average Bonchev–Trinajstić information content (AvgIpc) is 2.60. The van der Waals surface area contributed by atoms with Crippen LogP contribution in [0.4, 0.5) is 10.5 Å². The number of hydrogen-bond donors (Lipinski definition) is 1. The number of hydrogen-bond acceptors (Lipinski definition) is 3. The van der Waals surface area contributed by atoms with Crippen LogP contribution in [0.1, 0.15) is 18.5 Å². The maximum atomic E-state index is 12.6. The Morgan fingerprint density at radius 1 is 1.24 bits per heavy atom. The Morgan fingerprint density at radius 3 is 2.68 bits per heavy atom. The van der Waals surface area contributed by atoms with E-state index in [0.717, 1.165) is 5.56 Å². The van der Waals surface area contributed by atoms with Crippen LogP contribution in [-0.2, 0) is 11.3 Å². The molecule has 1 aromatic carbocycles. The normalized spacial score (nSPS) is 19.4. The monoisotopic (exact) mass is 341 g/mol. The van der Waals surface area contributed by atoms with E-state index in [4.69, 9.17) is 4.74 Å². The van der Waals surface area contributed by atoms with Gasteiger partial charge in [0.25, 0.3) is 5.56 Å². The number of aromatic nitrogens is 1. The number of anilines is 1. The number of likely N-dealkylation sites (tertiary alicyclic amines) is 1. The van der Waals surface area contributed by atoms with Gasteiger partial charge in [-0.05, 0) is 17.5 Å². The zero-order valence-corrected chi connectivity index (χ0v) is 14.5. The third-order valence-corrected chi connectivity index (χ3v) is 4.53. The van der Waals surface area contributed by atoms with Gasteiger partial charge < -0.3 is 19.5 Å². The first-order valence-electron chi connectivity index (χ1n) is 8.42. The van der Waals surface area contributed by atoms with Crippen molar-refractivity contribution in [3.63, 3.8) is 0 Å². The second-order valence-electron chi connectivity index (χ2n) is 6.36. The lowest BCUT2D eigenvalue weighted by atomic mass is 9.85. The minimum absolute atomic E-state index is 0.0839. The molecule has 132 valence electrons. The summed E-state index contributed by atoms with van der Waals surface area (Å²) in [6, 6.07) is 13.1. The van der Waals surface area contributed by atoms with E-state index in [-0.39, 0.29) is 17.6 Å². The molecule has 0 radical (unpaired) electrons. The molecule has 2 amide bonds. The minimum Gasteiger partial charge on any atom is -0.383 e. The number of pyridine rings is 1. The van der Waals surface area contributed by atoms with Crippen LogP contribution in [0.2, 0.25) is 0 Å². The number of benzene rings is 1. The highest BCUT2D eigenvalue weighted by molar-refractivity contribution is 5.90. The zero-order valence-electron chi connectivity index (χ0n) is 14.5. The summed E-state index contributed by atoms with van der Waals surface area (Å²) in [5.41, 5.74) is 1.63. The SMILES string of the molecule is COCCn1cc(NC(=O)N2C[C@@H](C)[C@H]2c2ccccc2)ccc1=O. The summed E-state index contributed by atoms with van der Waals surface area (Å²) < 4.78 is 6.54. The van der Waals surface area contributed by atoms with Crippen molar-refractivity contribution >= 4 is 11.7 Å². The third kappa shape index (κ3) is 3.74. The Bertz CT molecular complexity index is 788. The molecule has 0 spiro atoms. The van der Waals surface area contributed by atoms with Crippen LogP contribution in [0.15, 0.2) is 53.5 Å². The number of urea groups is 1. The molecule has 0 saturated carbocycles. The second-order valence-corrected chi connectivity index (χ2v) is 6.36. The van der Waals surface area contributed by atoms with Gasteiger partial charge >= 0.3 is 6.03 Å². The fourth-order valence-electron chi connectivity index (χ4n) is 3.23. The van der Waals surface area contributed by atoms with E-state index in [9.17, 15) is 9.59 Å². The van der Waals surface area contributed by atoms with Gasteiger partial charge in [-0.2, -0.15) is 0 Å². The Balaban J connectivity index is 1.71. The van der Waals surface area contributed by atoms with Gasteiger partial charge in [0.05, 0.1) is 18.3 Å². The molecular weight excluding hydrogens is 318 g/mol. The molecule has 2 aromatic rings. The fourth-order valence-corrected chi connectivity index (χ4v) is 3.23. The first-order chi connectivity index (χ1) is 12.1. The smallest absolute Gasteiger partial charge is 0.322 e. The first-order valence-corrected chi connectivity index (χ1v) is 8.42. The summed E-state index contributed by atoms with van der Waals surface area (Å²) in [5.74, 6) is 0.420. The van der Waals surface area contributed by atoms with Gasteiger partial charge in [-0.15, -0.1) is 0 Å². The highest BCUT2D eigenvalue weighted by Gasteiger charge is 2.39. The van der Waals surface area contributed by atoms with Crippen LogP contribution in [0.25, 0.3) is 0 Å². The van der Waals surface area contributed by atoms with Crippen molar-refractivity contribution in [3.8, 4) is 0 Å². The highest BCUT2D eigenvalue weighted by atomic mass is 16.5. The number of nitrogens with zero attached hydrogens (tertiary/aromatic N) is 2. The van der Waals surface area contributed by atoms with Crippen molar-refractivity contribution in [2.75, 3.05) is 25.6 Å². The Morgan fingerprint density at radius 2 is 2.00 bits per heavy atom. The van der Waals surface area contributed by atoms with Gasteiger partial charge in [0.1, 0.15) is 0 Å². The minimum atomic E-state index is -0.149. The molecule has 2 heterocycles. The molecule has 1 aromatic heterocycles. The molecule has 1 N–H and O–H groups in total. The van der Waals surface area contributed by atoms with Gasteiger partial charge in [-0.25, -0.2) is 4.79 Å². The van der Waals surface area contributed by atoms with E-state index in [1.807, 2.05) is 35.2 Å². The van der Waals surface area contributed by atoms with Crippen molar-refractivity contribution in [1.82, 2.24) is 9.47 Å². The lowest BCUT2D eigenvalue weighted by Crippen LogP contribution is -2.53. The quantitative estimate of drug-likeness (QED) is 0.909. The summed E-state index contributed by atoms with van der Waals surface area (Å²) in [6.45, 7) is 3.75. The van der Waals surface area contributed by atoms with Gasteiger partial charge in [0, 0.05) is 32.5 Å². The molecule has 2 atom stereocenters. The predicted molar refractivity (Wildman–Crippen MR) is 96.6 cm³/mol. The van der Waals surface area contributed by atoms with E-state index >= 15 is 0 Å². The molecule has 6 nitrogen and oxygen atoms in total. The van der Waals surface area contributed by atoms with Crippen LogP contribution in [0.3, 0.4) is 0 Å². The molecule has 1 saturated heterocycles. The van der Waals surface area contributed by atoms with Crippen molar-refractivity contribution < 1.29 is 9.53 Å². The highest BCUT2D eigenvalue weighted by Crippen LogP contribution is 2.38. The number of carbonyl (C=O) groups excluding carboxylic acids is 1. The molecule has 1 fully saturated rings. The van der Waals surface area contributed by atoms with Gasteiger partial charge in [0.15, 0.2) is 0 Å². The van der Waals surface area contributed by atoms with Crippen LogP contribution in [-0.4, -0.2) is 35.8 Å². The van der Waals surface area contributed by atoms with E-state index in [1.54, 1.807) is 19.4 Å². The number of carbonyl (C=O) groups is 1. The standard InChI is InChI=1S/C19H23N3O3/c1-14-12-22(18(14)15-6-4-3-5-7-15)19(24)20-16-8-9-17(23)21(13-16)10-11-25-2/h3-9,13-14,18H,10-12H2,1-2H3,(H,20,24)/t14-,18+/m1/s1. The summed E-state index contributed by atoms with van der Waals surface area (Å²) in [4.78, 5) is 26.3. The molecular formula is C19H23N3O3. The van der Waals surface area contributed by atoms with E-state index in [2.05, 4.69) is 12.2 Å². The molecule has 1 aliphatic rings. The van der Waals surface area contributed by atoms with Crippen LogP contribution < -0.4 is 10.9 Å². The number of rotatable bonds is 5. The van der Waals surface area contributed by atoms with E-state index in [0.29, 0.717) is 31.3 Å². The van der Waals surface area contributed by atoms with Gasteiger partial charge in [0.2, 0.25) is 0 Å². The van der Waals surface area contributed by atoms with Crippen molar-refractivity contribution in [3.05, 3.63) is 64.6 Å². The predicted octanol–water partition coefficient (Wildman–Crippen LogP) is 2.72. The second kappa shape index (κ2) is 7.53. The Labute approximate surface area is 147 Å². The van der Waals surface area contributed by atoms with Crippen LogP contribution in [0.5, 0.6) is 0 Å². The van der Waals surface area contributed by atoms with Crippen LogP contribution in [0, 0.1) is 5.92 Å². The molecule has 0 unspecified atom stereocenters. The molecule has 3 rings (SSSR count). The van der Waals surface area contributed by atoms with Gasteiger partial charge in [-0.3, -0.25) is 4.79 Å². The lowest BCUT2D eigenvalue weighted by Gasteiger charge is -2.46. The summed E-state index contributed by atoms with van der Waals surface area (Å²) in [6.07, 6.45) is 1.65.